The zero-order chi connectivity index (χ0) is 19.4. The summed E-state index contributed by atoms with van der Waals surface area (Å²) in [6.45, 7) is 4.34. The van der Waals surface area contributed by atoms with Gasteiger partial charge >= 0.3 is 0 Å². The van der Waals surface area contributed by atoms with E-state index in [-0.39, 0.29) is 11.3 Å². The van der Waals surface area contributed by atoms with Crippen LogP contribution in [0.5, 0.6) is 5.75 Å². The molecule has 0 fully saturated rings. The molecule has 0 bridgehead atoms. The van der Waals surface area contributed by atoms with Crippen LogP contribution in [0.25, 0.3) is 10.9 Å². The Morgan fingerprint density at radius 1 is 1.22 bits per heavy atom. The van der Waals surface area contributed by atoms with Crippen molar-refractivity contribution >= 4 is 33.3 Å². The number of rotatable bonds is 7. The summed E-state index contributed by atoms with van der Waals surface area (Å²) in [6, 6.07) is 6.97. The zero-order valence-corrected chi connectivity index (χ0v) is 16.2. The van der Waals surface area contributed by atoms with Crippen molar-refractivity contribution in [2.45, 2.75) is 46.1 Å². The fraction of sp³-hybridized carbons (Fsp3) is 0.368. The number of anilines is 1. The van der Waals surface area contributed by atoms with Gasteiger partial charge < -0.3 is 9.67 Å². The highest BCUT2D eigenvalue weighted by Crippen LogP contribution is 2.27. The van der Waals surface area contributed by atoms with E-state index in [4.69, 9.17) is 0 Å². The molecule has 0 saturated heterocycles. The molecule has 0 atom stereocenters. The monoisotopic (exact) mass is 386 g/mol. The number of benzene rings is 1. The molecule has 8 heteroatoms. The van der Waals surface area contributed by atoms with Crippen LogP contribution in [-0.4, -0.2) is 25.8 Å². The highest BCUT2D eigenvalue weighted by atomic mass is 32.1. The zero-order valence-electron chi connectivity index (χ0n) is 15.4. The van der Waals surface area contributed by atoms with E-state index in [1.165, 1.54) is 15.9 Å². The number of fused-ring (bicyclic) bond motifs is 1. The second-order valence-corrected chi connectivity index (χ2v) is 7.26. The number of unbranched alkanes of at least 4 members (excludes halogenated alkanes) is 2. The number of carbonyl (C=O) groups is 1. The molecule has 2 N–H and O–H groups in total. The lowest BCUT2D eigenvalue weighted by atomic mass is 10.1. The third kappa shape index (κ3) is 3.85. The molecule has 142 valence electrons. The molecule has 0 aliphatic rings. The number of nitrogens with zero attached hydrogens (tertiary/aromatic N) is 3. The number of amides is 1. The van der Waals surface area contributed by atoms with E-state index >= 15 is 0 Å². The lowest BCUT2D eigenvalue weighted by Gasteiger charge is -2.12. The number of hydrogen-bond donors (Lipinski definition) is 2. The van der Waals surface area contributed by atoms with Crippen LogP contribution in [0.15, 0.2) is 29.1 Å². The second kappa shape index (κ2) is 8.30. The van der Waals surface area contributed by atoms with E-state index in [0.29, 0.717) is 22.6 Å². The Balaban J connectivity index is 1.91. The summed E-state index contributed by atoms with van der Waals surface area (Å²) in [5, 5.41) is 22.8. The third-order valence-corrected chi connectivity index (χ3v) is 5.27. The van der Waals surface area contributed by atoms with Crippen molar-refractivity contribution in [3.8, 4) is 5.75 Å². The van der Waals surface area contributed by atoms with Crippen molar-refractivity contribution in [1.82, 2.24) is 14.8 Å². The van der Waals surface area contributed by atoms with Crippen LogP contribution in [0.2, 0.25) is 0 Å². The van der Waals surface area contributed by atoms with E-state index in [0.717, 1.165) is 30.7 Å². The molecule has 2 aromatic heterocycles. The first-order chi connectivity index (χ1) is 13.1. The highest BCUT2D eigenvalue weighted by Gasteiger charge is 2.22. The van der Waals surface area contributed by atoms with Gasteiger partial charge in [-0.3, -0.25) is 14.9 Å². The van der Waals surface area contributed by atoms with Gasteiger partial charge in [-0.1, -0.05) is 43.2 Å². The first kappa shape index (κ1) is 19.0. The smallest absolute Gasteiger partial charge is 0.267 e. The normalized spacial score (nSPS) is 11.0. The molecule has 7 nitrogen and oxygen atoms in total. The van der Waals surface area contributed by atoms with Crippen molar-refractivity contribution in [2.24, 2.45) is 0 Å². The number of hydrogen-bond acceptors (Lipinski definition) is 6. The molecule has 0 saturated carbocycles. The summed E-state index contributed by atoms with van der Waals surface area (Å²) < 4.78 is 1.47. The Morgan fingerprint density at radius 3 is 2.74 bits per heavy atom. The summed E-state index contributed by atoms with van der Waals surface area (Å²) in [4.78, 5) is 25.4. The second-order valence-electron chi connectivity index (χ2n) is 6.20. The molecule has 0 unspecified atom stereocenters. The number of aromatic hydroxyl groups is 1. The lowest BCUT2D eigenvalue weighted by molar-refractivity contribution is 0.102. The van der Waals surface area contributed by atoms with Crippen LogP contribution in [0.4, 0.5) is 5.13 Å². The van der Waals surface area contributed by atoms with Crippen LogP contribution in [0.1, 0.15) is 48.5 Å². The molecule has 3 aromatic rings. The van der Waals surface area contributed by atoms with Crippen molar-refractivity contribution < 1.29 is 9.90 Å². The van der Waals surface area contributed by atoms with Crippen molar-refractivity contribution in [1.29, 1.82) is 0 Å². The molecule has 1 amide bonds. The summed E-state index contributed by atoms with van der Waals surface area (Å²) in [5.74, 6) is -0.993. The largest absolute Gasteiger partial charge is 0.506 e. The Labute approximate surface area is 160 Å². The lowest BCUT2D eigenvalue weighted by Crippen LogP contribution is -2.29. The topological polar surface area (TPSA) is 97.1 Å². The van der Waals surface area contributed by atoms with Gasteiger partial charge in [-0.25, -0.2) is 0 Å². The van der Waals surface area contributed by atoms with Crippen molar-refractivity contribution in [2.75, 3.05) is 5.32 Å². The predicted molar refractivity (Wildman–Crippen MR) is 107 cm³/mol. The van der Waals surface area contributed by atoms with Gasteiger partial charge in [-0.2, -0.15) is 0 Å². The molecule has 0 spiro atoms. The number of carbonyl (C=O) groups excluding carboxylic acids is 1. The maximum absolute atomic E-state index is 12.8. The van der Waals surface area contributed by atoms with Gasteiger partial charge in [0.25, 0.3) is 11.5 Å². The molecule has 0 aliphatic carbocycles. The maximum atomic E-state index is 12.8. The van der Waals surface area contributed by atoms with Gasteiger partial charge in [0.15, 0.2) is 0 Å². The molecule has 3 rings (SSSR count). The van der Waals surface area contributed by atoms with Crippen LogP contribution < -0.4 is 10.9 Å². The van der Waals surface area contributed by atoms with E-state index in [1.807, 2.05) is 6.92 Å². The number of aromatic nitrogens is 3. The third-order valence-electron chi connectivity index (χ3n) is 4.37. The average molecular weight is 386 g/mol. The minimum atomic E-state index is -0.679. The number of aryl methyl sites for hydroxylation is 2. The highest BCUT2D eigenvalue weighted by molar-refractivity contribution is 7.15. The van der Waals surface area contributed by atoms with Crippen molar-refractivity contribution in [3.63, 3.8) is 0 Å². The number of para-hydroxylation sites is 1. The van der Waals surface area contributed by atoms with Crippen LogP contribution in [0, 0.1) is 0 Å². The Kier molecular flexibility index (Phi) is 5.85. The van der Waals surface area contributed by atoms with Crippen molar-refractivity contribution in [3.05, 3.63) is 45.2 Å². The van der Waals surface area contributed by atoms with E-state index < -0.39 is 11.5 Å². The first-order valence-corrected chi connectivity index (χ1v) is 9.86. The van der Waals surface area contributed by atoms with Gasteiger partial charge in [0, 0.05) is 18.4 Å². The van der Waals surface area contributed by atoms with E-state index in [1.54, 1.807) is 24.3 Å². The summed E-state index contributed by atoms with van der Waals surface area (Å²) in [5.41, 5.74) is -0.217. The Morgan fingerprint density at radius 2 is 2.00 bits per heavy atom. The van der Waals surface area contributed by atoms with E-state index in [9.17, 15) is 14.7 Å². The minimum absolute atomic E-state index is 0.279. The quantitative estimate of drug-likeness (QED) is 0.605. The molecule has 27 heavy (non-hydrogen) atoms. The number of nitrogens with one attached hydrogen (secondary N) is 1. The maximum Gasteiger partial charge on any atom is 0.267 e. The Bertz CT molecular complexity index is 1030. The number of pyridine rings is 1. The van der Waals surface area contributed by atoms with Gasteiger partial charge in [-0.15, -0.1) is 10.2 Å². The SMILES string of the molecule is CCCCCc1nnc(NC(=O)c2c(O)c3ccccc3n(CC)c2=O)s1. The summed E-state index contributed by atoms with van der Waals surface area (Å²) >= 11 is 1.29. The average Bonchev–Trinajstić information content (AvgIpc) is 3.09. The van der Waals surface area contributed by atoms with Gasteiger partial charge in [-0.05, 0) is 25.5 Å². The van der Waals surface area contributed by atoms with Crippen LogP contribution >= 0.6 is 11.3 Å². The standard InChI is InChI=1S/C19H22N4O3S/c1-3-5-6-11-14-21-22-19(27-14)20-17(25)15-16(24)12-9-7-8-10-13(12)23(4-2)18(15)26/h7-10,24H,3-6,11H2,1-2H3,(H,20,22,25). The predicted octanol–water partition coefficient (Wildman–Crippen LogP) is 3.56. The molecule has 1 aromatic carbocycles. The summed E-state index contributed by atoms with van der Waals surface area (Å²) in [6.07, 6.45) is 4.06. The first-order valence-electron chi connectivity index (χ1n) is 9.05. The fourth-order valence-corrected chi connectivity index (χ4v) is 3.78. The van der Waals surface area contributed by atoms with Crippen LogP contribution in [0.3, 0.4) is 0 Å². The molecular formula is C19H22N4O3S. The summed E-state index contributed by atoms with van der Waals surface area (Å²) in [7, 11) is 0. The Hall–Kier alpha value is -2.74. The van der Waals surface area contributed by atoms with E-state index in [2.05, 4.69) is 22.4 Å². The minimum Gasteiger partial charge on any atom is -0.506 e. The van der Waals surface area contributed by atoms with Gasteiger partial charge in [0.05, 0.1) is 5.52 Å². The van der Waals surface area contributed by atoms with Gasteiger partial charge in [0.1, 0.15) is 16.3 Å². The molecule has 2 heterocycles. The fourth-order valence-electron chi connectivity index (χ4n) is 3.00. The molecule has 0 radical (unpaired) electrons. The van der Waals surface area contributed by atoms with Crippen LogP contribution in [-0.2, 0) is 13.0 Å². The molecule has 0 aliphatic heterocycles. The van der Waals surface area contributed by atoms with Gasteiger partial charge in [0.2, 0.25) is 5.13 Å². The molecular weight excluding hydrogens is 364 g/mol.